The Bertz CT molecular complexity index is 874. The first-order valence-corrected chi connectivity index (χ1v) is 8.59. The summed E-state index contributed by atoms with van der Waals surface area (Å²) in [7, 11) is 0. The van der Waals surface area contributed by atoms with Gasteiger partial charge in [0.1, 0.15) is 12.6 Å². The summed E-state index contributed by atoms with van der Waals surface area (Å²) in [5.74, 6) is -0.0277. The summed E-state index contributed by atoms with van der Waals surface area (Å²) in [5.41, 5.74) is 2.64. The topological polar surface area (TPSA) is 89.1 Å². The average Bonchev–Trinajstić information content (AvgIpc) is 3.31. The van der Waals surface area contributed by atoms with Gasteiger partial charge in [-0.3, -0.25) is 9.48 Å². The third-order valence-corrected chi connectivity index (χ3v) is 4.53. The molecular weight excluding hydrogens is 332 g/mol. The highest BCUT2D eigenvalue weighted by molar-refractivity contribution is 5.75. The molecule has 0 fully saturated rings. The van der Waals surface area contributed by atoms with Crippen LogP contribution in [-0.4, -0.2) is 47.2 Å². The van der Waals surface area contributed by atoms with Crippen LogP contribution < -0.4 is 0 Å². The lowest BCUT2D eigenvalue weighted by atomic mass is 10.1. The highest BCUT2D eigenvalue weighted by Crippen LogP contribution is 2.21. The van der Waals surface area contributed by atoms with Gasteiger partial charge >= 0.3 is 0 Å². The van der Waals surface area contributed by atoms with Crippen molar-refractivity contribution in [2.24, 2.45) is 0 Å². The number of carbonyl (C=O) groups excluding carboxylic acids is 1. The number of rotatable bonds is 5. The molecular formula is C18H20N6O2. The molecule has 0 bridgehead atoms. The van der Waals surface area contributed by atoms with Crippen LogP contribution in [0.1, 0.15) is 23.1 Å². The van der Waals surface area contributed by atoms with Crippen LogP contribution in [0.15, 0.2) is 48.8 Å². The van der Waals surface area contributed by atoms with Crippen molar-refractivity contribution in [3.63, 3.8) is 0 Å². The second kappa shape index (κ2) is 7.09. The molecule has 1 amide bonds. The zero-order valence-electron chi connectivity index (χ0n) is 14.3. The number of fused-ring (bicyclic) bond motifs is 1. The van der Waals surface area contributed by atoms with Gasteiger partial charge < -0.3 is 10.0 Å². The zero-order chi connectivity index (χ0) is 17.9. The van der Waals surface area contributed by atoms with Crippen molar-refractivity contribution < 1.29 is 9.90 Å². The van der Waals surface area contributed by atoms with E-state index in [0.717, 1.165) is 11.3 Å². The van der Waals surface area contributed by atoms with Crippen molar-refractivity contribution >= 4 is 5.91 Å². The predicted octanol–water partition coefficient (Wildman–Crippen LogP) is 0.793. The van der Waals surface area contributed by atoms with Crippen LogP contribution in [0.3, 0.4) is 0 Å². The fraction of sp³-hybridized carbons (Fsp3) is 0.333. The molecule has 0 saturated heterocycles. The van der Waals surface area contributed by atoms with Crippen molar-refractivity contribution in [1.82, 2.24) is 29.7 Å². The van der Waals surface area contributed by atoms with Gasteiger partial charge in [0.15, 0.2) is 0 Å². The molecule has 3 heterocycles. The molecule has 0 aliphatic carbocycles. The van der Waals surface area contributed by atoms with Crippen LogP contribution in [0.25, 0.3) is 0 Å². The Kier molecular flexibility index (Phi) is 4.49. The number of aromatic nitrogens is 5. The number of carbonyl (C=O) groups is 1. The molecule has 0 spiro atoms. The van der Waals surface area contributed by atoms with Crippen molar-refractivity contribution in [2.75, 3.05) is 6.54 Å². The van der Waals surface area contributed by atoms with E-state index < -0.39 is 6.10 Å². The molecule has 0 radical (unpaired) electrons. The quantitative estimate of drug-likeness (QED) is 0.733. The summed E-state index contributed by atoms with van der Waals surface area (Å²) in [5, 5.41) is 22.9. The maximum absolute atomic E-state index is 12.4. The van der Waals surface area contributed by atoms with E-state index in [1.807, 2.05) is 41.1 Å². The largest absolute Gasteiger partial charge is 0.386 e. The van der Waals surface area contributed by atoms with Crippen LogP contribution in [-0.2, 0) is 30.8 Å². The summed E-state index contributed by atoms with van der Waals surface area (Å²) in [6, 6.07) is 11.7. The Balaban J connectivity index is 1.42. The van der Waals surface area contributed by atoms with Gasteiger partial charge in [0, 0.05) is 13.0 Å². The number of hydrogen-bond acceptors (Lipinski definition) is 5. The number of amides is 1. The maximum Gasteiger partial charge on any atom is 0.246 e. The normalized spacial score (nSPS) is 14.9. The minimum atomic E-state index is -0.659. The summed E-state index contributed by atoms with van der Waals surface area (Å²) < 4.78 is 1.87. The molecule has 1 aliphatic rings. The second-order valence-electron chi connectivity index (χ2n) is 6.36. The zero-order valence-corrected chi connectivity index (χ0v) is 14.3. The molecule has 8 nitrogen and oxygen atoms in total. The van der Waals surface area contributed by atoms with Crippen molar-refractivity contribution in [3.05, 3.63) is 65.7 Å². The van der Waals surface area contributed by atoms with Gasteiger partial charge in [0.05, 0.1) is 36.9 Å². The molecule has 134 valence electrons. The molecule has 26 heavy (non-hydrogen) atoms. The lowest BCUT2D eigenvalue weighted by Gasteiger charge is -2.27. The number of nitrogens with zero attached hydrogens (tertiary/aromatic N) is 6. The lowest BCUT2D eigenvalue weighted by Crippen LogP contribution is -2.40. The molecule has 0 unspecified atom stereocenters. The van der Waals surface area contributed by atoms with Crippen molar-refractivity contribution in [2.45, 2.75) is 32.2 Å². The Morgan fingerprint density at radius 1 is 1.15 bits per heavy atom. The van der Waals surface area contributed by atoms with Gasteiger partial charge in [-0.1, -0.05) is 30.3 Å². The molecule has 2 aromatic heterocycles. The van der Waals surface area contributed by atoms with E-state index in [4.69, 9.17) is 0 Å². The number of aliphatic hydroxyl groups excluding tert-OH is 1. The van der Waals surface area contributed by atoms with E-state index in [9.17, 15) is 9.90 Å². The lowest BCUT2D eigenvalue weighted by molar-refractivity contribution is -0.133. The maximum atomic E-state index is 12.4. The SMILES string of the molecule is O=C(Cn1nccn1)N1CCn2nc([C@H](O)Cc3ccccc3)cc2C1. The summed E-state index contributed by atoms with van der Waals surface area (Å²) >= 11 is 0. The predicted molar refractivity (Wildman–Crippen MR) is 92.8 cm³/mol. The Labute approximate surface area is 150 Å². The molecule has 4 rings (SSSR count). The van der Waals surface area contributed by atoms with Crippen LogP contribution in [0.5, 0.6) is 0 Å². The fourth-order valence-electron chi connectivity index (χ4n) is 3.15. The van der Waals surface area contributed by atoms with Gasteiger partial charge in [-0.2, -0.15) is 20.1 Å². The molecule has 1 N–H and O–H groups in total. The first-order valence-electron chi connectivity index (χ1n) is 8.59. The van der Waals surface area contributed by atoms with Crippen LogP contribution in [0.4, 0.5) is 0 Å². The second-order valence-corrected chi connectivity index (χ2v) is 6.36. The molecule has 1 aliphatic heterocycles. The van der Waals surface area contributed by atoms with Gasteiger partial charge in [-0.25, -0.2) is 0 Å². The van der Waals surface area contributed by atoms with E-state index in [2.05, 4.69) is 15.3 Å². The fourth-order valence-corrected chi connectivity index (χ4v) is 3.15. The van der Waals surface area contributed by atoms with Gasteiger partial charge in [-0.15, -0.1) is 0 Å². The molecule has 8 heteroatoms. The van der Waals surface area contributed by atoms with Crippen molar-refractivity contribution in [1.29, 1.82) is 0 Å². The number of aliphatic hydroxyl groups is 1. The van der Waals surface area contributed by atoms with E-state index >= 15 is 0 Å². The van der Waals surface area contributed by atoms with Gasteiger partial charge in [-0.05, 0) is 11.6 Å². The van der Waals surface area contributed by atoms with Crippen molar-refractivity contribution in [3.8, 4) is 0 Å². The molecule has 1 atom stereocenters. The monoisotopic (exact) mass is 352 g/mol. The Morgan fingerprint density at radius 2 is 1.92 bits per heavy atom. The van der Waals surface area contributed by atoms with Crippen LogP contribution in [0.2, 0.25) is 0 Å². The molecule has 0 saturated carbocycles. The minimum Gasteiger partial charge on any atom is -0.386 e. The highest BCUT2D eigenvalue weighted by Gasteiger charge is 2.24. The summed E-state index contributed by atoms with van der Waals surface area (Å²) in [4.78, 5) is 15.6. The number of hydrogen-bond donors (Lipinski definition) is 1. The Morgan fingerprint density at radius 3 is 2.69 bits per heavy atom. The average molecular weight is 352 g/mol. The summed E-state index contributed by atoms with van der Waals surface area (Å²) in [6.45, 7) is 1.81. The van der Waals surface area contributed by atoms with Gasteiger partial charge in [0.2, 0.25) is 5.91 Å². The van der Waals surface area contributed by atoms with E-state index in [-0.39, 0.29) is 12.5 Å². The van der Waals surface area contributed by atoms with E-state index in [1.54, 1.807) is 17.3 Å². The van der Waals surface area contributed by atoms with E-state index in [1.165, 1.54) is 4.80 Å². The number of benzene rings is 1. The third-order valence-electron chi connectivity index (χ3n) is 4.53. The first kappa shape index (κ1) is 16.5. The third kappa shape index (κ3) is 3.50. The van der Waals surface area contributed by atoms with Crippen LogP contribution in [0, 0.1) is 0 Å². The first-order chi connectivity index (χ1) is 12.7. The van der Waals surface area contributed by atoms with Gasteiger partial charge in [0.25, 0.3) is 0 Å². The van der Waals surface area contributed by atoms with Crippen LogP contribution >= 0.6 is 0 Å². The standard InChI is InChI=1S/C18H20N6O2/c25-17(10-14-4-2-1-3-5-14)16-11-15-12-22(8-9-23(15)21-16)18(26)13-24-19-6-7-20-24/h1-7,11,17,25H,8-10,12-13H2/t17-/m1/s1. The molecule has 3 aromatic rings. The Hall–Kier alpha value is -3.00. The summed E-state index contributed by atoms with van der Waals surface area (Å²) in [6.07, 6.45) is 2.97. The highest BCUT2D eigenvalue weighted by atomic mass is 16.3. The van der Waals surface area contributed by atoms with E-state index in [0.29, 0.717) is 31.7 Å². The molecule has 1 aromatic carbocycles. The smallest absolute Gasteiger partial charge is 0.246 e. The minimum absolute atomic E-state index is 0.0277.